The lowest BCUT2D eigenvalue weighted by molar-refractivity contribution is -0.692. The maximum atomic E-state index is 9.28. The van der Waals surface area contributed by atoms with E-state index in [1.165, 1.54) is 5.57 Å². The number of aryl methyl sites for hydroxylation is 1. The summed E-state index contributed by atoms with van der Waals surface area (Å²) < 4.78 is 2.22. The maximum absolute atomic E-state index is 9.28. The zero-order valence-corrected chi connectivity index (χ0v) is 30.4. The van der Waals surface area contributed by atoms with E-state index in [9.17, 15) is 20.4 Å². The minimum absolute atomic E-state index is 0.0573. The number of nitrogens with one attached hydrogen (secondary N) is 1. The summed E-state index contributed by atoms with van der Waals surface area (Å²) in [5, 5.41) is 37.1. The third-order valence-corrected chi connectivity index (χ3v) is 10.1. The summed E-state index contributed by atoms with van der Waals surface area (Å²) in [4.78, 5) is 7.37. The number of hydrogen-bond acceptors (Lipinski definition) is 8. The fourth-order valence-electron chi connectivity index (χ4n) is 5.06. The lowest BCUT2D eigenvalue weighted by atomic mass is 10.1. The summed E-state index contributed by atoms with van der Waals surface area (Å²) >= 11 is 0. The minimum atomic E-state index is 0.0573. The average molecular weight is 707 g/mol. The first kappa shape index (κ1) is 40.1. The summed E-state index contributed by atoms with van der Waals surface area (Å²) in [5.74, 6) is 2.07. The number of aliphatic hydroxyl groups excluding tert-OH is 4. The Kier molecular flexibility index (Phi) is 20.2. The fraction of sp³-hybridized carbons (Fsp3) is 0.385. The van der Waals surface area contributed by atoms with Gasteiger partial charge in [-0.1, -0.05) is 83.5 Å². The number of pyridine rings is 1. The van der Waals surface area contributed by atoms with E-state index in [2.05, 4.69) is 102 Å². The van der Waals surface area contributed by atoms with Gasteiger partial charge in [0.2, 0.25) is 0 Å². The molecule has 2 aromatic carbocycles. The molecule has 1 aromatic heterocycles. The molecule has 0 atom stereocenters. The molecule has 0 saturated heterocycles. The van der Waals surface area contributed by atoms with Crippen LogP contribution in [0.15, 0.2) is 90.8 Å². The zero-order chi connectivity index (χ0) is 34.9. The molecular formula is C39H54N4O4S2+2. The standard InChI is InChI=1S/C39H53N4O4S2/c1-2-3-34(4-5-35-8-12-38(13-9-35)42(23-28-44)24-29-45)16-19-40-20-32-48-49-33-27-41-21-17-37(18-22-41)7-6-36-10-14-39(15-11-36)43(25-30-46)26-31-47/h4-19,21-22,44-47H,2-3,20,23-33H2,1H3/q+1/p+1/b5-4+,34-16+,40-19?. The van der Waals surface area contributed by atoms with Crippen LogP contribution in [-0.2, 0) is 6.54 Å². The van der Waals surface area contributed by atoms with Crippen molar-refractivity contribution in [2.75, 3.05) is 80.5 Å². The molecule has 0 amide bonds. The highest BCUT2D eigenvalue weighted by Gasteiger charge is 2.06. The predicted molar refractivity (Wildman–Crippen MR) is 210 cm³/mol. The predicted octanol–water partition coefficient (Wildman–Crippen LogP) is 3.70. The third-order valence-electron chi connectivity index (χ3n) is 7.67. The van der Waals surface area contributed by atoms with Gasteiger partial charge in [-0.3, -0.25) is 0 Å². The van der Waals surface area contributed by atoms with Gasteiger partial charge in [-0.2, -0.15) is 0 Å². The Morgan fingerprint density at radius 3 is 1.67 bits per heavy atom. The molecule has 0 aliphatic heterocycles. The molecule has 0 saturated carbocycles. The van der Waals surface area contributed by atoms with Gasteiger partial charge in [0.05, 0.1) is 37.9 Å². The third kappa shape index (κ3) is 15.8. The van der Waals surface area contributed by atoms with Gasteiger partial charge in [-0.25, -0.2) is 9.56 Å². The molecule has 0 aliphatic rings. The highest BCUT2D eigenvalue weighted by atomic mass is 33.1. The van der Waals surface area contributed by atoms with Crippen molar-refractivity contribution < 1.29 is 30.0 Å². The number of benzene rings is 2. The molecule has 0 aliphatic carbocycles. The van der Waals surface area contributed by atoms with Crippen LogP contribution in [0.4, 0.5) is 11.4 Å². The molecule has 0 unspecified atom stereocenters. The molecule has 264 valence electrons. The van der Waals surface area contributed by atoms with E-state index in [1.54, 1.807) is 0 Å². The molecule has 0 fully saturated rings. The lowest BCUT2D eigenvalue weighted by Gasteiger charge is -2.22. The second kappa shape index (κ2) is 24.7. The number of aromatic nitrogens is 1. The summed E-state index contributed by atoms with van der Waals surface area (Å²) in [6, 6.07) is 20.6. The van der Waals surface area contributed by atoms with Crippen molar-refractivity contribution >= 4 is 57.4 Å². The van der Waals surface area contributed by atoms with E-state index in [0.717, 1.165) is 65.5 Å². The second-order valence-electron chi connectivity index (χ2n) is 11.3. The molecule has 3 aromatic rings. The van der Waals surface area contributed by atoms with E-state index >= 15 is 0 Å². The van der Waals surface area contributed by atoms with Crippen molar-refractivity contribution in [2.45, 2.75) is 26.3 Å². The van der Waals surface area contributed by atoms with Crippen molar-refractivity contribution in [3.8, 4) is 0 Å². The SMILES string of the molecule is CCCC(/C=C/c1ccc(N(CCO)CCO)cc1)=C\C=[NH+]CCSSCC[n+]1ccc(/C=C/c2ccc(N(CCO)CCO)cc2)cc1. The summed E-state index contributed by atoms with van der Waals surface area (Å²) in [6.07, 6.45) is 19.1. The summed E-state index contributed by atoms with van der Waals surface area (Å²) in [5.41, 5.74) is 6.63. The van der Waals surface area contributed by atoms with Crippen molar-refractivity contribution in [3.05, 3.63) is 107 Å². The van der Waals surface area contributed by atoms with Gasteiger partial charge in [0, 0.05) is 55.8 Å². The Morgan fingerprint density at radius 1 is 0.673 bits per heavy atom. The van der Waals surface area contributed by atoms with Crippen molar-refractivity contribution in [1.82, 2.24) is 0 Å². The van der Waals surface area contributed by atoms with E-state index in [-0.39, 0.29) is 26.4 Å². The van der Waals surface area contributed by atoms with Crippen LogP contribution in [0.2, 0.25) is 0 Å². The number of aliphatic hydroxyl groups is 4. The number of rotatable bonds is 24. The van der Waals surface area contributed by atoms with Crippen molar-refractivity contribution in [1.29, 1.82) is 0 Å². The van der Waals surface area contributed by atoms with E-state index in [0.29, 0.717) is 26.2 Å². The van der Waals surface area contributed by atoms with E-state index in [4.69, 9.17) is 0 Å². The normalized spacial score (nSPS) is 12.1. The van der Waals surface area contributed by atoms with E-state index in [1.807, 2.05) is 55.7 Å². The Morgan fingerprint density at radius 2 is 1.16 bits per heavy atom. The molecule has 3 rings (SSSR count). The van der Waals surface area contributed by atoms with Crippen LogP contribution >= 0.6 is 21.6 Å². The zero-order valence-electron chi connectivity index (χ0n) is 28.7. The molecule has 0 radical (unpaired) electrons. The second-order valence-corrected chi connectivity index (χ2v) is 14.0. The number of anilines is 2. The molecule has 10 heteroatoms. The smallest absolute Gasteiger partial charge is 0.169 e. The fourth-order valence-corrected chi connectivity index (χ4v) is 6.96. The van der Waals surface area contributed by atoms with Gasteiger partial charge in [0.25, 0.3) is 0 Å². The lowest BCUT2D eigenvalue weighted by Crippen LogP contribution is -2.69. The average Bonchev–Trinajstić information content (AvgIpc) is 3.13. The van der Waals surface area contributed by atoms with Gasteiger partial charge in [-0.05, 0) is 52.9 Å². The molecule has 8 nitrogen and oxygen atoms in total. The summed E-state index contributed by atoms with van der Waals surface area (Å²) in [6.45, 7) is 6.32. The van der Waals surface area contributed by atoms with Crippen LogP contribution in [0.25, 0.3) is 18.2 Å². The first-order chi connectivity index (χ1) is 24.1. The van der Waals surface area contributed by atoms with E-state index < -0.39 is 0 Å². The van der Waals surface area contributed by atoms with Crippen molar-refractivity contribution in [2.24, 2.45) is 0 Å². The first-order valence-corrected chi connectivity index (χ1v) is 19.6. The van der Waals surface area contributed by atoms with Crippen molar-refractivity contribution in [3.63, 3.8) is 0 Å². The van der Waals surface area contributed by atoms with Gasteiger partial charge >= 0.3 is 0 Å². The quantitative estimate of drug-likeness (QED) is 0.0316. The number of nitrogens with zero attached hydrogens (tertiary/aromatic N) is 3. The van der Waals surface area contributed by atoms with Crippen LogP contribution in [0.3, 0.4) is 0 Å². The van der Waals surface area contributed by atoms with Gasteiger partial charge in [0.1, 0.15) is 0 Å². The van der Waals surface area contributed by atoms with Gasteiger partial charge in [-0.15, -0.1) is 0 Å². The molecule has 1 heterocycles. The highest BCUT2D eigenvalue weighted by Crippen LogP contribution is 2.20. The first-order valence-electron chi connectivity index (χ1n) is 17.1. The summed E-state index contributed by atoms with van der Waals surface area (Å²) in [7, 11) is 3.79. The Balaban J connectivity index is 1.35. The molecule has 0 spiro atoms. The Bertz CT molecular complexity index is 1420. The minimum Gasteiger partial charge on any atom is -0.395 e. The Labute approximate surface area is 300 Å². The van der Waals surface area contributed by atoms with Crippen LogP contribution in [0.5, 0.6) is 0 Å². The highest BCUT2D eigenvalue weighted by molar-refractivity contribution is 8.76. The van der Waals surface area contributed by atoms with Gasteiger partial charge < -0.3 is 30.2 Å². The molecular weight excluding hydrogens is 653 g/mol. The monoisotopic (exact) mass is 706 g/mol. The number of hydrogen-bond donors (Lipinski definition) is 5. The maximum Gasteiger partial charge on any atom is 0.169 e. The van der Waals surface area contributed by atoms with Crippen LogP contribution < -0.4 is 19.4 Å². The molecule has 0 bridgehead atoms. The van der Waals surface area contributed by atoms with Crippen LogP contribution in [0.1, 0.15) is 36.5 Å². The van der Waals surface area contributed by atoms with Gasteiger partial charge in [0.15, 0.2) is 31.7 Å². The van der Waals surface area contributed by atoms with Crippen LogP contribution in [0, 0.1) is 0 Å². The topological polar surface area (TPSA) is 105 Å². The van der Waals surface area contributed by atoms with Crippen LogP contribution in [-0.4, -0.2) is 97.3 Å². The number of allylic oxidation sites excluding steroid dienone is 3. The largest absolute Gasteiger partial charge is 0.395 e. The molecule has 49 heavy (non-hydrogen) atoms. The Hall–Kier alpha value is -3.38. The molecule has 5 N–H and O–H groups in total.